The molecular formula is C20H20N2O5S. The Kier molecular flexibility index (Phi) is 5.81. The van der Waals surface area contributed by atoms with Gasteiger partial charge in [0.1, 0.15) is 0 Å². The third-order valence-corrected chi connectivity index (χ3v) is 5.47. The molecule has 0 aromatic heterocycles. The number of hydrogen-bond donors (Lipinski definition) is 2. The molecule has 28 heavy (non-hydrogen) atoms. The number of hydrazine groups is 1. The molecule has 7 nitrogen and oxygen atoms in total. The van der Waals surface area contributed by atoms with Gasteiger partial charge in [-0.15, -0.1) is 4.83 Å². The number of rotatable bonds is 7. The van der Waals surface area contributed by atoms with Gasteiger partial charge >= 0.3 is 0 Å². The fraction of sp³-hybridized carbons (Fsp3) is 0.150. The Bertz CT molecular complexity index is 1110. The Labute approximate surface area is 163 Å². The van der Waals surface area contributed by atoms with Gasteiger partial charge in [0, 0.05) is 6.07 Å². The molecule has 0 fully saturated rings. The monoisotopic (exact) mass is 400 g/mol. The molecule has 0 unspecified atom stereocenters. The van der Waals surface area contributed by atoms with E-state index in [0.717, 1.165) is 16.3 Å². The fourth-order valence-corrected chi connectivity index (χ4v) is 3.71. The van der Waals surface area contributed by atoms with Crippen LogP contribution in [-0.4, -0.2) is 28.5 Å². The number of amides is 1. The molecule has 8 heteroatoms. The lowest BCUT2D eigenvalue weighted by atomic mass is 10.0. The summed E-state index contributed by atoms with van der Waals surface area (Å²) in [5, 5.41) is 1.96. The van der Waals surface area contributed by atoms with E-state index in [1.807, 2.05) is 42.5 Å². The van der Waals surface area contributed by atoms with Crippen molar-refractivity contribution in [2.24, 2.45) is 0 Å². The third kappa shape index (κ3) is 4.24. The summed E-state index contributed by atoms with van der Waals surface area (Å²) in [6, 6.07) is 17.5. The highest BCUT2D eigenvalue weighted by molar-refractivity contribution is 7.89. The molecule has 3 aromatic rings. The number of carbonyl (C=O) groups is 1. The summed E-state index contributed by atoms with van der Waals surface area (Å²) in [5.41, 5.74) is 3.06. The second-order valence-electron chi connectivity index (χ2n) is 5.99. The number of nitrogens with one attached hydrogen (secondary N) is 2. The lowest BCUT2D eigenvalue weighted by Gasteiger charge is -2.12. The van der Waals surface area contributed by atoms with Crippen LogP contribution in [0.1, 0.15) is 5.56 Å². The number of fused-ring (bicyclic) bond motifs is 1. The second kappa shape index (κ2) is 8.28. The lowest BCUT2D eigenvalue weighted by Crippen LogP contribution is -2.42. The average molecular weight is 400 g/mol. The van der Waals surface area contributed by atoms with Gasteiger partial charge < -0.3 is 9.47 Å². The molecule has 0 aliphatic carbocycles. The first-order chi connectivity index (χ1) is 13.4. The van der Waals surface area contributed by atoms with Crippen LogP contribution in [0.4, 0.5) is 0 Å². The summed E-state index contributed by atoms with van der Waals surface area (Å²) in [4.78, 5) is 14.3. The van der Waals surface area contributed by atoms with Crippen molar-refractivity contribution >= 4 is 26.7 Å². The average Bonchev–Trinajstić information content (AvgIpc) is 2.72. The normalized spacial score (nSPS) is 11.2. The van der Waals surface area contributed by atoms with Gasteiger partial charge in [-0.1, -0.05) is 42.5 Å². The molecule has 0 heterocycles. The topological polar surface area (TPSA) is 93.7 Å². The highest BCUT2D eigenvalue weighted by atomic mass is 32.2. The Balaban J connectivity index is 1.71. The van der Waals surface area contributed by atoms with E-state index in [2.05, 4.69) is 10.3 Å². The van der Waals surface area contributed by atoms with Gasteiger partial charge in [-0.25, -0.2) is 8.42 Å². The Morgan fingerprint density at radius 2 is 1.64 bits per heavy atom. The zero-order chi connectivity index (χ0) is 20.1. The molecule has 0 spiro atoms. The van der Waals surface area contributed by atoms with Gasteiger partial charge in [-0.2, -0.15) is 0 Å². The fourth-order valence-electron chi connectivity index (χ4n) is 2.83. The summed E-state index contributed by atoms with van der Waals surface area (Å²) < 4.78 is 35.1. The highest BCUT2D eigenvalue weighted by Crippen LogP contribution is 2.29. The molecule has 2 N–H and O–H groups in total. The van der Waals surface area contributed by atoms with Crippen molar-refractivity contribution in [1.29, 1.82) is 0 Å². The van der Waals surface area contributed by atoms with Crippen LogP contribution in [0.3, 0.4) is 0 Å². The van der Waals surface area contributed by atoms with Crippen molar-refractivity contribution < 1.29 is 22.7 Å². The van der Waals surface area contributed by atoms with Crippen LogP contribution in [0, 0.1) is 0 Å². The summed E-state index contributed by atoms with van der Waals surface area (Å²) >= 11 is 0. The second-order valence-corrected chi connectivity index (χ2v) is 7.67. The van der Waals surface area contributed by atoms with Crippen LogP contribution >= 0.6 is 0 Å². The summed E-state index contributed by atoms with van der Waals surface area (Å²) in [6.45, 7) is 0. The standard InChI is InChI=1S/C20H20N2O5S/c1-26-18-11-10-16(13-19(18)27-2)28(24,25)22-21-20(23)12-15-8-5-7-14-6-3-4-9-17(14)15/h3-11,13,22H,12H2,1-2H3,(H,21,23). The van der Waals surface area contributed by atoms with E-state index in [1.54, 1.807) is 0 Å². The number of ether oxygens (including phenoxy) is 2. The Morgan fingerprint density at radius 3 is 2.39 bits per heavy atom. The zero-order valence-electron chi connectivity index (χ0n) is 15.4. The molecule has 0 atom stereocenters. The van der Waals surface area contributed by atoms with Crippen molar-refractivity contribution in [1.82, 2.24) is 10.3 Å². The molecule has 146 valence electrons. The number of sulfonamides is 1. The molecule has 1 amide bonds. The van der Waals surface area contributed by atoms with Gasteiger partial charge in [0.2, 0.25) is 5.91 Å². The van der Waals surface area contributed by atoms with Crippen LogP contribution < -0.4 is 19.7 Å². The molecular weight excluding hydrogens is 380 g/mol. The molecule has 0 bridgehead atoms. The van der Waals surface area contributed by atoms with Crippen LogP contribution in [0.2, 0.25) is 0 Å². The Hall–Kier alpha value is -3.10. The number of carbonyl (C=O) groups excluding carboxylic acids is 1. The maximum Gasteiger partial charge on any atom is 0.257 e. The minimum absolute atomic E-state index is 0.0375. The van der Waals surface area contributed by atoms with Crippen LogP contribution in [0.15, 0.2) is 65.6 Å². The van der Waals surface area contributed by atoms with Crippen LogP contribution in [0.25, 0.3) is 10.8 Å². The summed E-state index contributed by atoms with van der Waals surface area (Å²) in [5.74, 6) is 0.203. The number of methoxy groups -OCH3 is 2. The van der Waals surface area contributed by atoms with Crippen molar-refractivity contribution in [3.05, 3.63) is 66.2 Å². The minimum Gasteiger partial charge on any atom is -0.493 e. The molecule has 0 aliphatic heterocycles. The number of hydrogen-bond acceptors (Lipinski definition) is 5. The van der Waals surface area contributed by atoms with Gasteiger partial charge in [0.05, 0.1) is 25.5 Å². The van der Waals surface area contributed by atoms with Crippen LogP contribution in [-0.2, 0) is 21.2 Å². The maximum atomic E-state index is 12.4. The first-order valence-electron chi connectivity index (χ1n) is 8.44. The smallest absolute Gasteiger partial charge is 0.257 e. The van der Waals surface area contributed by atoms with E-state index in [1.165, 1.54) is 32.4 Å². The van der Waals surface area contributed by atoms with Crippen molar-refractivity contribution in [3.8, 4) is 11.5 Å². The number of benzene rings is 3. The molecule has 0 aliphatic rings. The molecule has 0 saturated heterocycles. The first-order valence-corrected chi connectivity index (χ1v) is 9.92. The van der Waals surface area contributed by atoms with Crippen molar-refractivity contribution in [2.45, 2.75) is 11.3 Å². The Morgan fingerprint density at radius 1 is 0.929 bits per heavy atom. The predicted molar refractivity (Wildman–Crippen MR) is 106 cm³/mol. The van der Waals surface area contributed by atoms with E-state index < -0.39 is 15.9 Å². The van der Waals surface area contributed by atoms with Crippen molar-refractivity contribution in [2.75, 3.05) is 14.2 Å². The maximum absolute atomic E-state index is 12.4. The van der Waals surface area contributed by atoms with Gasteiger partial charge in [0.25, 0.3) is 10.0 Å². The van der Waals surface area contributed by atoms with Gasteiger partial charge in [-0.05, 0) is 28.5 Å². The van der Waals surface area contributed by atoms with E-state index in [0.29, 0.717) is 5.75 Å². The van der Waals surface area contributed by atoms with E-state index in [-0.39, 0.29) is 17.1 Å². The van der Waals surface area contributed by atoms with Crippen LogP contribution in [0.5, 0.6) is 11.5 Å². The highest BCUT2D eigenvalue weighted by Gasteiger charge is 2.18. The first kappa shape index (κ1) is 19.7. The van der Waals surface area contributed by atoms with E-state index in [4.69, 9.17) is 9.47 Å². The summed E-state index contributed by atoms with van der Waals surface area (Å²) in [7, 11) is -1.10. The quantitative estimate of drug-likeness (QED) is 0.594. The van der Waals surface area contributed by atoms with Gasteiger partial charge in [0.15, 0.2) is 11.5 Å². The molecule has 0 radical (unpaired) electrons. The molecule has 0 saturated carbocycles. The zero-order valence-corrected chi connectivity index (χ0v) is 16.2. The summed E-state index contributed by atoms with van der Waals surface area (Å²) in [6.07, 6.45) is 0.0375. The molecule has 3 aromatic carbocycles. The predicted octanol–water partition coefficient (Wildman–Crippen LogP) is 2.41. The van der Waals surface area contributed by atoms with Crippen molar-refractivity contribution in [3.63, 3.8) is 0 Å². The lowest BCUT2D eigenvalue weighted by molar-refractivity contribution is -0.120. The SMILES string of the molecule is COc1ccc(S(=O)(=O)NNC(=O)Cc2cccc3ccccc23)cc1OC. The molecule has 3 rings (SSSR count). The van der Waals surface area contributed by atoms with Gasteiger partial charge in [-0.3, -0.25) is 10.2 Å². The largest absolute Gasteiger partial charge is 0.493 e. The minimum atomic E-state index is -3.97. The van der Waals surface area contributed by atoms with E-state index in [9.17, 15) is 13.2 Å². The van der Waals surface area contributed by atoms with E-state index >= 15 is 0 Å². The third-order valence-electron chi connectivity index (χ3n) is 4.22.